The van der Waals surface area contributed by atoms with Gasteiger partial charge in [-0.05, 0) is 30.6 Å². The number of rotatable bonds is 5. The van der Waals surface area contributed by atoms with Gasteiger partial charge in [0.25, 0.3) is 5.56 Å². The number of nitrogens with zero attached hydrogens (tertiary/aromatic N) is 4. The van der Waals surface area contributed by atoms with Crippen LogP contribution in [0.2, 0.25) is 0 Å². The number of hydrogen-bond acceptors (Lipinski definition) is 6. The molecule has 3 rings (SSSR count). The summed E-state index contributed by atoms with van der Waals surface area (Å²) < 4.78 is 3.87. The van der Waals surface area contributed by atoms with Crippen LogP contribution in [0.1, 0.15) is 22.7 Å². The van der Waals surface area contributed by atoms with Gasteiger partial charge >= 0.3 is 0 Å². The van der Waals surface area contributed by atoms with Crippen LogP contribution >= 0.6 is 11.5 Å². The van der Waals surface area contributed by atoms with Crippen molar-refractivity contribution in [2.45, 2.75) is 26.3 Å². The predicted molar refractivity (Wildman–Crippen MR) is 91.8 cm³/mol. The van der Waals surface area contributed by atoms with Crippen LogP contribution in [0.15, 0.2) is 29.1 Å². The van der Waals surface area contributed by atoms with Gasteiger partial charge in [-0.2, -0.15) is 0 Å². The van der Waals surface area contributed by atoms with Gasteiger partial charge in [-0.15, -0.1) is 5.10 Å². The largest absolute Gasteiger partial charge is 0.340 e. The average Bonchev–Trinajstić information content (AvgIpc) is 2.97. The molecule has 0 aliphatic rings. The zero-order chi connectivity index (χ0) is 17.1. The predicted octanol–water partition coefficient (Wildman–Crippen LogP) is 1.67. The van der Waals surface area contributed by atoms with Crippen LogP contribution in [-0.4, -0.2) is 37.4 Å². The third-order valence-electron chi connectivity index (χ3n) is 3.80. The highest BCUT2D eigenvalue weighted by Crippen LogP contribution is 2.13. The van der Waals surface area contributed by atoms with Gasteiger partial charge in [-0.3, -0.25) is 9.59 Å². The summed E-state index contributed by atoms with van der Waals surface area (Å²) in [7, 11) is 1.74. The van der Waals surface area contributed by atoms with Gasteiger partial charge in [0, 0.05) is 19.9 Å². The maximum atomic E-state index is 12.3. The third kappa shape index (κ3) is 3.48. The molecular weight excluding hydrogens is 326 g/mol. The Morgan fingerprint density at radius 2 is 2.12 bits per heavy atom. The van der Waals surface area contributed by atoms with Gasteiger partial charge < -0.3 is 9.88 Å². The van der Waals surface area contributed by atoms with Gasteiger partial charge in [-0.1, -0.05) is 16.6 Å². The smallest absolute Gasteiger partial charge is 0.270 e. The molecule has 0 spiro atoms. The molecule has 124 valence electrons. The van der Waals surface area contributed by atoms with Gasteiger partial charge in [-0.25, -0.2) is 4.98 Å². The lowest BCUT2D eigenvalue weighted by molar-refractivity contribution is -0.130. The van der Waals surface area contributed by atoms with E-state index >= 15 is 0 Å². The fourth-order valence-electron chi connectivity index (χ4n) is 2.35. The monoisotopic (exact) mass is 343 g/mol. The molecule has 3 aromatic rings. The molecule has 0 unspecified atom stereocenters. The molecule has 0 aliphatic carbocycles. The second kappa shape index (κ2) is 6.88. The molecule has 2 aromatic heterocycles. The van der Waals surface area contributed by atoms with Crippen LogP contribution in [0.4, 0.5) is 0 Å². The first-order valence-electron chi connectivity index (χ1n) is 7.54. The topological polar surface area (TPSA) is 91.8 Å². The Kier molecular flexibility index (Phi) is 4.66. The van der Waals surface area contributed by atoms with Crippen molar-refractivity contribution in [1.82, 2.24) is 24.5 Å². The maximum Gasteiger partial charge on any atom is 0.270 e. The lowest BCUT2D eigenvalue weighted by atomic mass is 10.2. The van der Waals surface area contributed by atoms with Crippen molar-refractivity contribution in [3.63, 3.8) is 0 Å². The first-order chi connectivity index (χ1) is 11.5. The van der Waals surface area contributed by atoms with Gasteiger partial charge in [0.2, 0.25) is 5.91 Å². The first-order valence-corrected chi connectivity index (χ1v) is 8.31. The Morgan fingerprint density at radius 1 is 1.33 bits per heavy atom. The summed E-state index contributed by atoms with van der Waals surface area (Å²) in [6.07, 6.45) is 0.541. The van der Waals surface area contributed by atoms with Gasteiger partial charge in [0.1, 0.15) is 5.69 Å². The number of aryl methyl sites for hydroxylation is 2. The number of carbonyl (C=O) groups excluding carboxylic acids is 1. The van der Waals surface area contributed by atoms with E-state index in [9.17, 15) is 9.59 Å². The number of H-pyrrole nitrogens is 1. The molecule has 1 amide bonds. The van der Waals surface area contributed by atoms with Crippen molar-refractivity contribution in [2.24, 2.45) is 0 Å². The highest BCUT2D eigenvalue weighted by atomic mass is 32.1. The fourth-order valence-corrected chi connectivity index (χ4v) is 3.04. The molecule has 24 heavy (non-hydrogen) atoms. The van der Waals surface area contributed by atoms with E-state index in [1.807, 2.05) is 25.1 Å². The number of nitrogens with one attached hydrogen (secondary N) is 1. The van der Waals surface area contributed by atoms with Crippen molar-refractivity contribution in [2.75, 3.05) is 7.05 Å². The number of para-hydroxylation sites is 2. The molecule has 1 N–H and O–H groups in total. The minimum absolute atomic E-state index is 0.0443. The summed E-state index contributed by atoms with van der Waals surface area (Å²) >= 11 is 1.29. The van der Waals surface area contributed by atoms with Crippen molar-refractivity contribution < 1.29 is 4.79 Å². The van der Waals surface area contributed by atoms with Crippen molar-refractivity contribution in [1.29, 1.82) is 0 Å². The first kappa shape index (κ1) is 16.3. The molecule has 2 heterocycles. The van der Waals surface area contributed by atoms with E-state index in [0.29, 0.717) is 24.2 Å². The maximum absolute atomic E-state index is 12.3. The molecule has 0 bridgehead atoms. The lowest BCUT2D eigenvalue weighted by Gasteiger charge is -2.16. The quantitative estimate of drug-likeness (QED) is 0.761. The van der Waals surface area contributed by atoms with E-state index in [4.69, 9.17) is 0 Å². The highest BCUT2D eigenvalue weighted by molar-refractivity contribution is 7.05. The van der Waals surface area contributed by atoms with Crippen LogP contribution in [0.5, 0.6) is 0 Å². The summed E-state index contributed by atoms with van der Waals surface area (Å²) in [6, 6.07) is 7.34. The molecule has 0 aliphatic heterocycles. The normalized spacial score (nSPS) is 10.9. The van der Waals surface area contributed by atoms with Gasteiger partial charge in [0.15, 0.2) is 0 Å². The summed E-state index contributed by atoms with van der Waals surface area (Å²) in [5.74, 6) is -0.0443. The second-order valence-electron chi connectivity index (χ2n) is 5.56. The number of carbonyl (C=O) groups is 1. The van der Waals surface area contributed by atoms with Crippen LogP contribution in [0.25, 0.3) is 11.0 Å². The number of benzene rings is 1. The Hall–Kier alpha value is -2.61. The number of amides is 1. The molecule has 0 saturated heterocycles. The number of aromatic nitrogens is 4. The highest BCUT2D eigenvalue weighted by Gasteiger charge is 2.14. The summed E-state index contributed by atoms with van der Waals surface area (Å²) in [6.45, 7) is 2.35. The Bertz CT molecular complexity index is 933. The minimum atomic E-state index is -0.244. The van der Waals surface area contributed by atoms with Crippen LogP contribution in [0.3, 0.4) is 0 Å². The SMILES string of the molecule is Cc1nnsc1CN(C)C(=O)CCc1nc2ccccc2[nH]c1=O. The van der Waals surface area contributed by atoms with E-state index < -0.39 is 0 Å². The Labute approximate surface area is 142 Å². The zero-order valence-electron chi connectivity index (χ0n) is 13.4. The molecule has 7 nitrogen and oxygen atoms in total. The van der Waals surface area contributed by atoms with Gasteiger partial charge in [0.05, 0.1) is 28.1 Å². The fraction of sp³-hybridized carbons (Fsp3) is 0.312. The van der Waals surface area contributed by atoms with Crippen molar-refractivity contribution in [3.8, 4) is 0 Å². The van der Waals surface area contributed by atoms with Crippen LogP contribution in [-0.2, 0) is 17.8 Å². The van der Waals surface area contributed by atoms with E-state index in [1.54, 1.807) is 18.0 Å². The number of fused-ring (bicyclic) bond motifs is 1. The Balaban J connectivity index is 1.66. The Morgan fingerprint density at radius 3 is 2.88 bits per heavy atom. The van der Waals surface area contributed by atoms with E-state index in [2.05, 4.69) is 19.6 Å². The molecule has 0 saturated carbocycles. The summed E-state index contributed by atoms with van der Waals surface area (Å²) in [5, 5.41) is 3.94. The standard InChI is InChI=1S/C16H17N5O2S/c1-10-14(24-20-19-10)9-21(2)15(22)8-7-13-16(23)18-12-6-4-3-5-11(12)17-13/h3-6H,7-9H2,1-2H3,(H,18,23). The van der Waals surface area contributed by atoms with Crippen molar-refractivity contribution in [3.05, 3.63) is 50.9 Å². The average molecular weight is 343 g/mol. The van der Waals surface area contributed by atoms with Crippen molar-refractivity contribution >= 4 is 28.5 Å². The number of hydrogen-bond donors (Lipinski definition) is 1. The van der Waals surface area contributed by atoms with E-state index in [1.165, 1.54) is 11.5 Å². The summed E-state index contributed by atoms with van der Waals surface area (Å²) in [4.78, 5) is 34.1. The lowest BCUT2D eigenvalue weighted by Crippen LogP contribution is -2.27. The minimum Gasteiger partial charge on any atom is -0.340 e. The number of aromatic amines is 1. The van der Waals surface area contributed by atoms with Crippen LogP contribution in [0, 0.1) is 6.92 Å². The summed E-state index contributed by atoms with van der Waals surface area (Å²) in [5.41, 5.74) is 2.40. The molecule has 8 heteroatoms. The van der Waals surface area contributed by atoms with Crippen LogP contribution < -0.4 is 5.56 Å². The molecular formula is C16H17N5O2S. The van der Waals surface area contributed by atoms with E-state index in [0.717, 1.165) is 16.1 Å². The molecule has 0 fully saturated rings. The molecule has 0 atom stereocenters. The van der Waals surface area contributed by atoms with E-state index in [-0.39, 0.29) is 17.9 Å². The zero-order valence-corrected chi connectivity index (χ0v) is 14.3. The molecule has 0 radical (unpaired) electrons. The second-order valence-corrected chi connectivity index (χ2v) is 6.40. The third-order valence-corrected chi connectivity index (χ3v) is 4.61. The molecule has 1 aromatic carbocycles.